The Morgan fingerprint density at radius 1 is 1.06 bits per heavy atom. The van der Waals surface area contributed by atoms with Gasteiger partial charge in [0, 0.05) is 11.0 Å². The van der Waals surface area contributed by atoms with Crippen LogP contribution in [0.15, 0.2) is 36.0 Å². The van der Waals surface area contributed by atoms with Crippen molar-refractivity contribution in [3.63, 3.8) is 0 Å². The van der Waals surface area contributed by atoms with E-state index in [0.717, 1.165) is 10.9 Å². The van der Waals surface area contributed by atoms with Gasteiger partial charge in [0.05, 0.1) is 19.5 Å². The molecule has 0 aliphatic carbocycles. The number of pyridine rings is 1. The zero-order valence-corrected chi connectivity index (χ0v) is 25.3. The summed E-state index contributed by atoms with van der Waals surface area (Å²) in [5.41, 5.74) is 19.7. The minimum absolute atomic E-state index is 0.0374. The highest BCUT2D eigenvalue weighted by Gasteiger charge is 2.50. The number of anilines is 1. The van der Waals surface area contributed by atoms with Gasteiger partial charge in [-0.25, -0.2) is 24.1 Å². The predicted octanol–water partition coefficient (Wildman–Crippen LogP) is -2.07. The van der Waals surface area contributed by atoms with Crippen molar-refractivity contribution in [3.05, 3.63) is 46.9 Å². The first kappa shape index (κ1) is 34.6. The monoisotopic (exact) mass is 705 g/mol. The van der Waals surface area contributed by atoms with E-state index in [0.29, 0.717) is 0 Å². The highest BCUT2D eigenvalue weighted by molar-refractivity contribution is 7.61. The molecular weight excluding hydrogens is 678 g/mol. The number of aliphatic hydroxyl groups is 4. The van der Waals surface area contributed by atoms with Crippen LogP contribution < -0.4 is 16.0 Å². The van der Waals surface area contributed by atoms with Crippen molar-refractivity contribution < 1.29 is 71.5 Å². The third-order valence-corrected chi connectivity index (χ3v) is 9.53. The number of aromatic nitrogens is 5. The van der Waals surface area contributed by atoms with E-state index in [2.05, 4.69) is 33.8 Å². The summed E-state index contributed by atoms with van der Waals surface area (Å²) in [7, 11) is -10.8. The van der Waals surface area contributed by atoms with Gasteiger partial charge in [0.1, 0.15) is 41.6 Å². The number of carbonyl (C=O) groups is 1. The highest BCUT2D eigenvalue weighted by atomic mass is 31.3. The smallest absolute Gasteiger partial charge is 0.387 e. The Kier molecular flexibility index (Phi) is 9.89. The van der Waals surface area contributed by atoms with E-state index in [1.807, 2.05) is 0 Å². The number of amides is 1. The molecule has 254 valence electrons. The fourth-order valence-corrected chi connectivity index (χ4v) is 6.81. The maximum absolute atomic E-state index is 12.5. The van der Waals surface area contributed by atoms with Gasteiger partial charge in [0.25, 0.3) is 12.1 Å². The Balaban J connectivity index is 1.18. The average molecular weight is 705 g/mol. The average Bonchev–Trinajstić information content (AvgIpc) is 3.64. The lowest BCUT2D eigenvalue weighted by atomic mass is 10.1. The lowest BCUT2D eigenvalue weighted by molar-refractivity contribution is -0.765. The number of hydrogen-bond acceptors (Lipinski definition) is 17. The fourth-order valence-electron chi connectivity index (χ4n) is 4.72. The molecule has 5 rings (SSSR count). The minimum Gasteiger partial charge on any atom is -0.387 e. The van der Waals surface area contributed by atoms with Crippen LogP contribution in [0.5, 0.6) is 0 Å². The molecule has 0 bridgehead atoms. The van der Waals surface area contributed by atoms with Crippen LogP contribution >= 0.6 is 15.6 Å². The number of azide groups is 1. The summed E-state index contributed by atoms with van der Waals surface area (Å²) < 4.78 is 52.0. The van der Waals surface area contributed by atoms with Gasteiger partial charge in [-0.15, -0.1) is 0 Å². The number of nitrogens with two attached hydrogens (primary N) is 2. The molecular formula is C21H27N10O14P2+. The van der Waals surface area contributed by atoms with E-state index in [4.69, 9.17) is 31.0 Å². The molecule has 10 atom stereocenters. The molecule has 0 aromatic carbocycles. The van der Waals surface area contributed by atoms with E-state index in [-0.39, 0.29) is 28.5 Å². The Morgan fingerprint density at radius 3 is 2.34 bits per heavy atom. The number of primary amides is 1. The molecule has 2 saturated heterocycles. The maximum Gasteiger partial charge on any atom is 0.481 e. The summed E-state index contributed by atoms with van der Waals surface area (Å²) in [5, 5.41) is 45.1. The van der Waals surface area contributed by atoms with E-state index in [1.54, 1.807) is 0 Å². The van der Waals surface area contributed by atoms with Gasteiger partial charge in [-0.2, -0.15) is 8.88 Å². The zero-order valence-electron chi connectivity index (χ0n) is 23.5. The molecule has 26 heteroatoms. The molecule has 3 aromatic heterocycles. The van der Waals surface area contributed by atoms with Crippen molar-refractivity contribution in [3.8, 4) is 0 Å². The summed E-state index contributed by atoms with van der Waals surface area (Å²) in [6.45, 7) is -1.89. The van der Waals surface area contributed by atoms with Gasteiger partial charge in [-0.05, 0) is 16.7 Å². The number of nitrogen functional groups attached to an aromatic ring is 1. The SMILES string of the molecule is [N-]=[N+]=Nc1nc(N)c2ncn([C@@H]3O[C@H](COP(=O)(O)OP(=O)(O)OC[C@H]4O[C@@H]([n+]5cccc(C(N)=O)c5)C(O)[C@H]4O)[C@H](O)C3O)c2n1. The van der Waals surface area contributed by atoms with Gasteiger partial charge in [-0.1, -0.05) is 0 Å². The molecule has 2 aliphatic rings. The maximum atomic E-state index is 12.5. The lowest BCUT2D eigenvalue weighted by Crippen LogP contribution is -2.46. The van der Waals surface area contributed by atoms with Crippen LogP contribution in [0.4, 0.5) is 11.8 Å². The van der Waals surface area contributed by atoms with Crippen LogP contribution in [0.25, 0.3) is 21.6 Å². The van der Waals surface area contributed by atoms with Crippen molar-refractivity contribution in [1.29, 1.82) is 0 Å². The molecule has 4 unspecified atom stereocenters. The molecule has 5 heterocycles. The van der Waals surface area contributed by atoms with Crippen molar-refractivity contribution in [2.45, 2.75) is 49.1 Å². The number of imidazole rings is 1. The molecule has 0 spiro atoms. The first-order valence-corrected chi connectivity index (χ1v) is 16.1. The third-order valence-electron chi connectivity index (χ3n) is 6.93. The topological polar surface area (TPSA) is 367 Å². The van der Waals surface area contributed by atoms with E-state index in [1.165, 1.54) is 29.1 Å². The first-order chi connectivity index (χ1) is 22.1. The van der Waals surface area contributed by atoms with Gasteiger partial charge >= 0.3 is 15.6 Å². The Hall–Kier alpha value is -3.70. The van der Waals surface area contributed by atoms with Crippen molar-refractivity contribution >= 4 is 44.5 Å². The summed E-state index contributed by atoms with van der Waals surface area (Å²) in [6, 6.07) is 2.81. The van der Waals surface area contributed by atoms with Crippen molar-refractivity contribution in [2.24, 2.45) is 10.8 Å². The van der Waals surface area contributed by atoms with Crippen molar-refractivity contribution in [1.82, 2.24) is 19.5 Å². The van der Waals surface area contributed by atoms with Crippen LogP contribution in [0.2, 0.25) is 0 Å². The number of fused-ring (bicyclic) bond motifs is 1. The molecule has 2 aliphatic heterocycles. The summed E-state index contributed by atoms with van der Waals surface area (Å²) >= 11 is 0. The third kappa shape index (κ3) is 7.41. The van der Waals surface area contributed by atoms with E-state index >= 15 is 0 Å². The van der Waals surface area contributed by atoms with Gasteiger partial charge in [-0.3, -0.25) is 18.4 Å². The second-order valence-electron chi connectivity index (χ2n) is 10.0. The Bertz CT molecular complexity index is 1810. The number of rotatable bonds is 12. The molecule has 1 amide bonds. The van der Waals surface area contributed by atoms with Crippen LogP contribution in [0.3, 0.4) is 0 Å². The first-order valence-electron chi connectivity index (χ1n) is 13.2. The van der Waals surface area contributed by atoms with E-state index < -0.39 is 83.8 Å². The molecule has 0 radical (unpaired) electrons. The number of phosphoric acid groups is 2. The second kappa shape index (κ2) is 13.4. The van der Waals surface area contributed by atoms with Crippen LogP contribution in [0.1, 0.15) is 22.8 Å². The lowest BCUT2D eigenvalue weighted by Gasteiger charge is -2.20. The highest BCUT2D eigenvalue weighted by Crippen LogP contribution is 2.60. The molecule has 10 N–H and O–H groups in total. The fraction of sp³-hybridized carbons (Fsp3) is 0.476. The Labute approximate surface area is 261 Å². The number of carbonyl (C=O) groups excluding carboxylic acids is 1. The molecule has 47 heavy (non-hydrogen) atoms. The number of phosphoric ester groups is 2. The van der Waals surface area contributed by atoms with Gasteiger partial charge in [0.15, 0.2) is 36.2 Å². The quantitative estimate of drug-likeness (QED) is 0.0329. The second-order valence-corrected chi connectivity index (χ2v) is 13.1. The number of hydrogen-bond donors (Lipinski definition) is 8. The van der Waals surface area contributed by atoms with Gasteiger partial charge in [0.2, 0.25) is 5.95 Å². The van der Waals surface area contributed by atoms with Crippen LogP contribution in [-0.4, -0.2) is 105 Å². The van der Waals surface area contributed by atoms with Gasteiger partial charge < -0.3 is 51.2 Å². The van der Waals surface area contributed by atoms with Crippen LogP contribution in [0, 0.1) is 0 Å². The predicted molar refractivity (Wildman–Crippen MR) is 148 cm³/mol. The summed E-state index contributed by atoms with van der Waals surface area (Å²) in [4.78, 5) is 45.9. The number of aliphatic hydroxyl groups excluding tert-OH is 4. The molecule has 0 saturated carbocycles. The zero-order chi connectivity index (χ0) is 34.3. The summed E-state index contributed by atoms with van der Waals surface area (Å²) in [6.07, 6.45) is -8.62. The standard InChI is InChI=1S/C21H26N10O14P2/c22-16-11-18(27-21(26-16)28-29-24)31(7-25-11)20-15(35)13(33)10(44-20)6-42-47(39,40)45-46(37,38)41-5-9-12(32)14(34)19(43-9)30-3-1-2-8(4-30)17(23)36/h1-4,7,9-10,12-15,19-20,32-35H,5-6H2,(H5-,22,23,26,27,36,37,38,39,40)/p+1/t9-,10-,12+,13+,14?,15?,19-,20-/m1/s1. The van der Waals surface area contributed by atoms with Crippen molar-refractivity contribution in [2.75, 3.05) is 18.9 Å². The molecule has 2 fully saturated rings. The largest absolute Gasteiger partial charge is 0.481 e. The van der Waals surface area contributed by atoms with E-state index in [9.17, 15) is 44.1 Å². The minimum atomic E-state index is -5.43. The Morgan fingerprint density at radius 2 is 1.70 bits per heavy atom. The molecule has 24 nitrogen and oxygen atoms in total. The normalized spacial score (nSPS) is 30.1. The van der Waals surface area contributed by atoms with Crippen LogP contribution in [-0.2, 0) is 32.0 Å². The number of ether oxygens (including phenoxy) is 2. The number of nitrogens with zero attached hydrogens (tertiary/aromatic N) is 8. The molecule has 3 aromatic rings. The summed E-state index contributed by atoms with van der Waals surface area (Å²) in [5.74, 6) is -1.32.